The number of thiophene rings is 1. The second-order valence-corrected chi connectivity index (χ2v) is 6.16. The molecule has 2 aromatic carbocycles. The summed E-state index contributed by atoms with van der Waals surface area (Å²) in [7, 11) is 0. The number of benzene rings is 2. The molecule has 1 aromatic heterocycles. The lowest BCUT2D eigenvalue weighted by molar-refractivity contribution is 0.102. The fraction of sp³-hybridized carbons (Fsp3) is 0.0556. The van der Waals surface area contributed by atoms with Gasteiger partial charge in [0.2, 0.25) is 0 Å². The number of rotatable bonds is 5. The number of carbonyl (C=O) groups is 1. The molecule has 23 heavy (non-hydrogen) atoms. The summed E-state index contributed by atoms with van der Waals surface area (Å²) >= 11 is 7.60. The molecule has 0 fully saturated rings. The molecule has 3 aromatic rings. The van der Waals surface area contributed by atoms with Crippen LogP contribution in [0.3, 0.4) is 0 Å². The molecule has 3 rings (SSSR count). The fourth-order valence-electron chi connectivity index (χ4n) is 2.08. The van der Waals surface area contributed by atoms with Crippen molar-refractivity contribution in [1.29, 1.82) is 0 Å². The summed E-state index contributed by atoms with van der Waals surface area (Å²) in [6.45, 7) is 0.309. The third-order valence-electron chi connectivity index (χ3n) is 3.23. The van der Waals surface area contributed by atoms with Crippen LogP contribution in [-0.4, -0.2) is 5.91 Å². The highest BCUT2D eigenvalue weighted by atomic mass is 35.5. The van der Waals surface area contributed by atoms with E-state index in [1.807, 2.05) is 53.9 Å². The number of para-hydroxylation sites is 1. The van der Waals surface area contributed by atoms with E-state index in [4.69, 9.17) is 16.3 Å². The Kier molecular flexibility index (Phi) is 4.95. The standard InChI is InChI=1S/C18H14ClNO2S/c19-15-8-3-1-6-13(15)12-22-16-9-4-2-7-14(16)18(21)20-17-10-5-11-23-17/h1-11H,12H2,(H,20,21). The Labute approximate surface area is 143 Å². The average molecular weight is 344 g/mol. The minimum absolute atomic E-state index is 0.192. The predicted molar refractivity (Wildman–Crippen MR) is 94.5 cm³/mol. The number of carbonyl (C=O) groups excluding carboxylic acids is 1. The lowest BCUT2D eigenvalue weighted by Gasteiger charge is -2.12. The maximum absolute atomic E-state index is 12.4. The molecular weight excluding hydrogens is 330 g/mol. The molecule has 0 aliphatic carbocycles. The van der Waals surface area contributed by atoms with E-state index >= 15 is 0 Å². The Bertz CT molecular complexity index is 802. The quantitative estimate of drug-likeness (QED) is 0.688. The number of ether oxygens (including phenoxy) is 1. The first-order chi connectivity index (χ1) is 11.2. The third kappa shape index (κ3) is 3.92. The predicted octanol–water partition coefficient (Wildman–Crippen LogP) is 5.23. The first kappa shape index (κ1) is 15.6. The largest absolute Gasteiger partial charge is 0.488 e. The monoisotopic (exact) mass is 343 g/mol. The van der Waals surface area contributed by atoms with E-state index in [1.165, 1.54) is 11.3 Å². The van der Waals surface area contributed by atoms with Crippen molar-refractivity contribution >= 4 is 33.8 Å². The van der Waals surface area contributed by atoms with Crippen LogP contribution in [0, 0.1) is 0 Å². The summed E-state index contributed by atoms with van der Waals surface area (Å²) in [5.74, 6) is 0.337. The van der Waals surface area contributed by atoms with Gasteiger partial charge >= 0.3 is 0 Å². The van der Waals surface area contributed by atoms with Gasteiger partial charge in [-0.15, -0.1) is 11.3 Å². The van der Waals surface area contributed by atoms with Crippen LogP contribution < -0.4 is 10.1 Å². The minimum atomic E-state index is -0.192. The lowest BCUT2D eigenvalue weighted by atomic mass is 10.2. The van der Waals surface area contributed by atoms with E-state index in [0.717, 1.165) is 10.6 Å². The molecule has 0 aliphatic rings. The van der Waals surface area contributed by atoms with Gasteiger partial charge in [0.1, 0.15) is 12.4 Å². The van der Waals surface area contributed by atoms with Crippen molar-refractivity contribution in [3.05, 3.63) is 82.2 Å². The number of nitrogens with one attached hydrogen (secondary N) is 1. The van der Waals surface area contributed by atoms with Gasteiger partial charge in [0.05, 0.1) is 10.6 Å². The van der Waals surface area contributed by atoms with Crippen molar-refractivity contribution in [3.63, 3.8) is 0 Å². The van der Waals surface area contributed by atoms with Gasteiger partial charge in [0.15, 0.2) is 0 Å². The Morgan fingerprint density at radius 2 is 1.83 bits per heavy atom. The topological polar surface area (TPSA) is 38.3 Å². The SMILES string of the molecule is O=C(Nc1cccs1)c1ccccc1OCc1ccccc1Cl. The number of hydrogen-bond acceptors (Lipinski definition) is 3. The minimum Gasteiger partial charge on any atom is -0.488 e. The number of anilines is 1. The molecule has 0 unspecified atom stereocenters. The molecule has 0 atom stereocenters. The molecule has 5 heteroatoms. The van der Waals surface area contributed by atoms with Crippen molar-refractivity contribution in [2.75, 3.05) is 5.32 Å². The lowest BCUT2D eigenvalue weighted by Crippen LogP contribution is -2.12. The summed E-state index contributed by atoms with van der Waals surface area (Å²) in [6, 6.07) is 18.4. The summed E-state index contributed by atoms with van der Waals surface area (Å²) in [4.78, 5) is 12.4. The number of hydrogen-bond donors (Lipinski definition) is 1. The molecule has 1 amide bonds. The zero-order chi connectivity index (χ0) is 16.1. The molecule has 0 bridgehead atoms. The third-order valence-corrected chi connectivity index (χ3v) is 4.38. The highest BCUT2D eigenvalue weighted by molar-refractivity contribution is 7.14. The van der Waals surface area contributed by atoms with Crippen LogP contribution in [0.5, 0.6) is 5.75 Å². The Morgan fingerprint density at radius 3 is 2.61 bits per heavy atom. The zero-order valence-electron chi connectivity index (χ0n) is 12.2. The van der Waals surface area contributed by atoms with E-state index in [9.17, 15) is 4.79 Å². The van der Waals surface area contributed by atoms with Crippen LogP contribution in [-0.2, 0) is 6.61 Å². The molecule has 0 radical (unpaired) electrons. The van der Waals surface area contributed by atoms with Crippen molar-refractivity contribution < 1.29 is 9.53 Å². The molecule has 0 saturated carbocycles. The van der Waals surface area contributed by atoms with Crippen molar-refractivity contribution in [2.45, 2.75) is 6.61 Å². The molecule has 116 valence electrons. The van der Waals surface area contributed by atoms with E-state index in [2.05, 4.69) is 5.32 Å². The first-order valence-electron chi connectivity index (χ1n) is 7.04. The summed E-state index contributed by atoms with van der Waals surface area (Å²) < 4.78 is 5.80. The van der Waals surface area contributed by atoms with Crippen LogP contribution in [0.2, 0.25) is 5.02 Å². The molecule has 0 spiro atoms. The average Bonchev–Trinajstić information content (AvgIpc) is 3.07. The van der Waals surface area contributed by atoms with Gasteiger partial charge in [-0.2, -0.15) is 0 Å². The summed E-state index contributed by atoms with van der Waals surface area (Å²) in [6.07, 6.45) is 0. The van der Waals surface area contributed by atoms with E-state index < -0.39 is 0 Å². The van der Waals surface area contributed by atoms with E-state index in [-0.39, 0.29) is 5.91 Å². The van der Waals surface area contributed by atoms with E-state index in [0.29, 0.717) is 22.9 Å². The normalized spacial score (nSPS) is 10.3. The maximum Gasteiger partial charge on any atom is 0.260 e. The van der Waals surface area contributed by atoms with Gasteiger partial charge < -0.3 is 10.1 Å². The van der Waals surface area contributed by atoms with Gasteiger partial charge in [-0.1, -0.05) is 41.9 Å². The van der Waals surface area contributed by atoms with Crippen LogP contribution >= 0.6 is 22.9 Å². The number of amides is 1. The molecule has 1 heterocycles. The van der Waals surface area contributed by atoms with E-state index in [1.54, 1.807) is 12.1 Å². The summed E-state index contributed by atoms with van der Waals surface area (Å²) in [5, 5.41) is 6.22. The Balaban J connectivity index is 1.75. The van der Waals surface area contributed by atoms with Crippen LogP contribution in [0.4, 0.5) is 5.00 Å². The Morgan fingerprint density at radius 1 is 1.04 bits per heavy atom. The highest BCUT2D eigenvalue weighted by Gasteiger charge is 2.13. The van der Waals surface area contributed by atoms with Crippen molar-refractivity contribution in [3.8, 4) is 5.75 Å². The van der Waals surface area contributed by atoms with Gasteiger partial charge in [-0.3, -0.25) is 4.79 Å². The van der Waals surface area contributed by atoms with Gasteiger partial charge in [-0.05, 0) is 35.7 Å². The second kappa shape index (κ2) is 7.31. The van der Waals surface area contributed by atoms with Crippen molar-refractivity contribution in [2.24, 2.45) is 0 Å². The van der Waals surface area contributed by atoms with Gasteiger partial charge in [-0.25, -0.2) is 0 Å². The fourth-order valence-corrected chi connectivity index (χ4v) is 2.88. The number of halogens is 1. The zero-order valence-corrected chi connectivity index (χ0v) is 13.7. The van der Waals surface area contributed by atoms with Crippen LogP contribution in [0.15, 0.2) is 66.0 Å². The molecular formula is C18H14ClNO2S. The smallest absolute Gasteiger partial charge is 0.260 e. The van der Waals surface area contributed by atoms with Crippen LogP contribution in [0.25, 0.3) is 0 Å². The molecule has 0 aliphatic heterocycles. The summed E-state index contributed by atoms with van der Waals surface area (Å²) in [5.41, 5.74) is 1.37. The molecule has 3 nitrogen and oxygen atoms in total. The first-order valence-corrected chi connectivity index (χ1v) is 8.30. The Hall–Kier alpha value is -2.30. The molecule has 0 saturated heterocycles. The highest BCUT2D eigenvalue weighted by Crippen LogP contribution is 2.24. The van der Waals surface area contributed by atoms with Gasteiger partial charge in [0, 0.05) is 10.6 Å². The van der Waals surface area contributed by atoms with Crippen LogP contribution in [0.1, 0.15) is 15.9 Å². The maximum atomic E-state index is 12.4. The van der Waals surface area contributed by atoms with Gasteiger partial charge in [0.25, 0.3) is 5.91 Å². The second-order valence-electron chi connectivity index (χ2n) is 4.81. The molecule has 1 N–H and O–H groups in total. The van der Waals surface area contributed by atoms with Crippen molar-refractivity contribution in [1.82, 2.24) is 0 Å².